The Kier molecular flexibility index (Phi) is 2.73. The number of nitrogens with zero attached hydrogens (tertiary/aromatic N) is 1. The molecule has 0 aliphatic carbocycles. The van der Waals surface area contributed by atoms with Crippen molar-refractivity contribution < 1.29 is 0 Å². The minimum Gasteiger partial charge on any atom is -0.393 e. The molecule has 0 aromatic heterocycles. The first-order valence-corrected chi connectivity index (χ1v) is 6.70. The Morgan fingerprint density at radius 2 is 1.94 bits per heavy atom. The summed E-state index contributed by atoms with van der Waals surface area (Å²) >= 11 is 1.59. The molecule has 2 N–H and O–H groups in total. The summed E-state index contributed by atoms with van der Waals surface area (Å²) in [6, 6.07) is 16.9. The van der Waals surface area contributed by atoms with Crippen molar-refractivity contribution in [2.75, 3.05) is 0 Å². The van der Waals surface area contributed by atoms with Crippen molar-refractivity contribution in [1.82, 2.24) is 0 Å². The molecular weight excluding hydrogens is 240 g/mol. The standard InChI is InChI=1S/C15H12N2S/c16-9-13-8-14(18-15(13)17)12-6-5-10-3-1-2-4-11(10)7-12/h1-7,14H,8,17H2. The monoisotopic (exact) mass is 252 g/mol. The van der Waals surface area contributed by atoms with Crippen LogP contribution in [0.3, 0.4) is 0 Å². The molecular formula is C15H12N2S. The van der Waals surface area contributed by atoms with Gasteiger partial charge in [0.15, 0.2) is 0 Å². The molecule has 0 fully saturated rings. The van der Waals surface area contributed by atoms with E-state index in [2.05, 4.69) is 36.4 Å². The normalized spacial score (nSPS) is 19.2. The van der Waals surface area contributed by atoms with E-state index in [1.807, 2.05) is 12.1 Å². The zero-order valence-corrected chi connectivity index (χ0v) is 10.6. The Hall–Kier alpha value is -1.92. The summed E-state index contributed by atoms with van der Waals surface area (Å²) in [6.45, 7) is 0. The van der Waals surface area contributed by atoms with E-state index >= 15 is 0 Å². The lowest BCUT2D eigenvalue weighted by Gasteiger charge is -2.10. The molecule has 2 nitrogen and oxygen atoms in total. The molecule has 18 heavy (non-hydrogen) atoms. The van der Waals surface area contributed by atoms with E-state index in [1.165, 1.54) is 16.3 Å². The maximum atomic E-state index is 8.97. The van der Waals surface area contributed by atoms with Crippen LogP contribution in [0.2, 0.25) is 0 Å². The molecule has 1 atom stereocenters. The molecule has 1 unspecified atom stereocenters. The quantitative estimate of drug-likeness (QED) is 0.841. The lowest BCUT2D eigenvalue weighted by molar-refractivity contribution is 0.962. The Morgan fingerprint density at radius 3 is 2.67 bits per heavy atom. The number of benzene rings is 2. The third-order valence-corrected chi connectivity index (χ3v) is 4.46. The van der Waals surface area contributed by atoms with Gasteiger partial charge in [-0.2, -0.15) is 5.26 Å². The smallest absolute Gasteiger partial charge is 0.0975 e. The van der Waals surface area contributed by atoms with Crippen LogP contribution >= 0.6 is 11.8 Å². The van der Waals surface area contributed by atoms with Gasteiger partial charge in [0.25, 0.3) is 0 Å². The third-order valence-electron chi connectivity index (χ3n) is 3.24. The molecule has 0 spiro atoms. The maximum absolute atomic E-state index is 8.97. The van der Waals surface area contributed by atoms with Crippen molar-refractivity contribution >= 4 is 22.5 Å². The number of thioether (sulfide) groups is 1. The van der Waals surface area contributed by atoms with Crippen LogP contribution in [0.15, 0.2) is 53.1 Å². The molecule has 88 valence electrons. The molecule has 2 aromatic carbocycles. The van der Waals surface area contributed by atoms with Crippen molar-refractivity contribution in [2.45, 2.75) is 11.7 Å². The highest BCUT2D eigenvalue weighted by Gasteiger charge is 2.24. The van der Waals surface area contributed by atoms with Crippen LogP contribution in [-0.2, 0) is 0 Å². The third kappa shape index (κ3) is 1.85. The molecule has 0 radical (unpaired) electrons. The van der Waals surface area contributed by atoms with Crippen molar-refractivity contribution in [3.63, 3.8) is 0 Å². The minimum atomic E-state index is 0.282. The summed E-state index contributed by atoms with van der Waals surface area (Å²) in [5.41, 5.74) is 7.81. The number of nitrogens with two attached hydrogens (primary N) is 1. The number of rotatable bonds is 1. The number of allylic oxidation sites excluding steroid dienone is 1. The van der Waals surface area contributed by atoms with Crippen LogP contribution in [-0.4, -0.2) is 0 Å². The van der Waals surface area contributed by atoms with Crippen LogP contribution in [0.4, 0.5) is 0 Å². The van der Waals surface area contributed by atoms with Gasteiger partial charge in [0, 0.05) is 11.7 Å². The van der Waals surface area contributed by atoms with E-state index in [0.29, 0.717) is 5.03 Å². The van der Waals surface area contributed by atoms with Gasteiger partial charge in [0.05, 0.1) is 16.7 Å². The average molecular weight is 252 g/mol. The molecule has 0 saturated carbocycles. The van der Waals surface area contributed by atoms with Gasteiger partial charge in [-0.25, -0.2) is 0 Å². The fourth-order valence-electron chi connectivity index (χ4n) is 2.25. The summed E-state index contributed by atoms with van der Waals surface area (Å²) < 4.78 is 0. The van der Waals surface area contributed by atoms with Gasteiger partial charge < -0.3 is 5.73 Å². The largest absolute Gasteiger partial charge is 0.393 e. The second-order valence-electron chi connectivity index (χ2n) is 4.37. The fourth-order valence-corrected chi connectivity index (χ4v) is 3.36. The van der Waals surface area contributed by atoms with E-state index in [-0.39, 0.29) is 5.25 Å². The van der Waals surface area contributed by atoms with Crippen LogP contribution in [0.25, 0.3) is 10.8 Å². The van der Waals surface area contributed by atoms with Crippen LogP contribution in [0.5, 0.6) is 0 Å². The lowest BCUT2D eigenvalue weighted by atomic mass is 10.0. The number of hydrogen-bond acceptors (Lipinski definition) is 3. The minimum absolute atomic E-state index is 0.282. The van der Waals surface area contributed by atoms with E-state index < -0.39 is 0 Å². The van der Waals surface area contributed by atoms with Gasteiger partial charge in [0.2, 0.25) is 0 Å². The Morgan fingerprint density at radius 1 is 1.17 bits per heavy atom. The fraction of sp³-hybridized carbons (Fsp3) is 0.133. The van der Waals surface area contributed by atoms with Crippen molar-refractivity contribution in [3.8, 4) is 6.07 Å². The average Bonchev–Trinajstić information content (AvgIpc) is 2.79. The first kappa shape index (κ1) is 11.2. The van der Waals surface area contributed by atoms with E-state index in [9.17, 15) is 0 Å². The van der Waals surface area contributed by atoms with Gasteiger partial charge in [0.1, 0.15) is 0 Å². The predicted octanol–water partition coefficient (Wildman–Crippen LogP) is 3.71. The van der Waals surface area contributed by atoms with Crippen LogP contribution in [0, 0.1) is 11.3 Å². The lowest BCUT2D eigenvalue weighted by Crippen LogP contribution is -1.91. The summed E-state index contributed by atoms with van der Waals surface area (Å²) in [6.07, 6.45) is 0.741. The van der Waals surface area contributed by atoms with Crippen molar-refractivity contribution in [2.24, 2.45) is 5.73 Å². The highest BCUT2D eigenvalue weighted by atomic mass is 32.2. The molecule has 1 aliphatic rings. The van der Waals surface area contributed by atoms with Crippen molar-refractivity contribution in [3.05, 3.63) is 58.6 Å². The second-order valence-corrected chi connectivity index (χ2v) is 5.62. The van der Waals surface area contributed by atoms with Crippen LogP contribution in [0.1, 0.15) is 17.2 Å². The summed E-state index contributed by atoms with van der Waals surface area (Å²) in [7, 11) is 0. The number of nitriles is 1. The summed E-state index contributed by atoms with van der Waals surface area (Å²) in [5, 5.41) is 12.4. The zero-order valence-electron chi connectivity index (χ0n) is 9.76. The molecule has 1 aliphatic heterocycles. The molecule has 3 rings (SSSR count). The number of fused-ring (bicyclic) bond motifs is 1. The van der Waals surface area contributed by atoms with E-state index in [0.717, 1.165) is 12.0 Å². The highest BCUT2D eigenvalue weighted by molar-refractivity contribution is 8.03. The van der Waals surface area contributed by atoms with Crippen LogP contribution < -0.4 is 5.73 Å². The molecule has 0 saturated heterocycles. The molecule has 0 amide bonds. The van der Waals surface area contributed by atoms with E-state index in [4.69, 9.17) is 11.0 Å². The Balaban J connectivity index is 1.95. The zero-order chi connectivity index (χ0) is 12.5. The maximum Gasteiger partial charge on any atom is 0.0975 e. The van der Waals surface area contributed by atoms with Gasteiger partial charge in [-0.3, -0.25) is 0 Å². The Labute approximate surface area is 110 Å². The first-order chi connectivity index (χ1) is 8.78. The molecule has 1 heterocycles. The molecule has 0 bridgehead atoms. The second kappa shape index (κ2) is 4.40. The van der Waals surface area contributed by atoms with Crippen molar-refractivity contribution in [1.29, 1.82) is 5.26 Å². The van der Waals surface area contributed by atoms with Gasteiger partial charge >= 0.3 is 0 Å². The highest BCUT2D eigenvalue weighted by Crippen LogP contribution is 2.45. The molecule has 2 aromatic rings. The first-order valence-electron chi connectivity index (χ1n) is 5.82. The Bertz CT molecular complexity index is 682. The topological polar surface area (TPSA) is 49.8 Å². The van der Waals surface area contributed by atoms with Gasteiger partial charge in [-0.15, -0.1) is 0 Å². The summed E-state index contributed by atoms with van der Waals surface area (Å²) in [4.78, 5) is 0. The van der Waals surface area contributed by atoms with Gasteiger partial charge in [-0.1, -0.05) is 54.2 Å². The SMILES string of the molecule is N#CC1=C(N)SC(c2ccc3ccccc3c2)C1. The summed E-state index contributed by atoms with van der Waals surface area (Å²) in [5.74, 6) is 0. The molecule has 3 heteroatoms. The van der Waals surface area contributed by atoms with Gasteiger partial charge in [-0.05, 0) is 16.3 Å². The predicted molar refractivity (Wildman–Crippen MR) is 75.7 cm³/mol. The number of hydrogen-bond donors (Lipinski definition) is 1. The van der Waals surface area contributed by atoms with E-state index in [1.54, 1.807) is 11.8 Å².